The van der Waals surface area contributed by atoms with E-state index in [2.05, 4.69) is 34.5 Å². The Kier molecular flexibility index (Phi) is 4.92. The number of hydrogen-bond donors (Lipinski definition) is 3. The highest BCUT2D eigenvalue weighted by atomic mass is 16.1. The quantitative estimate of drug-likeness (QED) is 0.548. The summed E-state index contributed by atoms with van der Waals surface area (Å²) < 4.78 is 0. The molecular formula is C14H23N5O. The van der Waals surface area contributed by atoms with Crippen molar-refractivity contribution in [2.75, 3.05) is 25.1 Å². The maximum absolute atomic E-state index is 12.1. The Morgan fingerprint density at radius 1 is 1.60 bits per heavy atom. The Hall–Kier alpha value is -1.66. The zero-order valence-corrected chi connectivity index (χ0v) is 12.1. The molecule has 2 heterocycles. The van der Waals surface area contributed by atoms with E-state index in [0.29, 0.717) is 23.3 Å². The molecule has 1 aliphatic rings. The van der Waals surface area contributed by atoms with Gasteiger partial charge in [-0.1, -0.05) is 0 Å². The Balaban J connectivity index is 1.83. The fourth-order valence-corrected chi connectivity index (χ4v) is 2.49. The van der Waals surface area contributed by atoms with E-state index < -0.39 is 0 Å². The van der Waals surface area contributed by atoms with Gasteiger partial charge in [0.25, 0.3) is 5.91 Å². The number of rotatable bonds is 5. The maximum atomic E-state index is 12.1. The predicted molar refractivity (Wildman–Crippen MR) is 79.2 cm³/mol. The van der Waals surface area contributed by atoms with Crippen LogP contribution in [0, 0.1) is 5.92 Å². The first kappa shape index (κ1) is 14.7. The van der Waals surface area contributed by atoms with E-state index in [4.69, 9.17) is 5.84 Å². The molecule has 0 aromatic carbocycles. The number of anilines is 1. The summed E-state index contributed by atoms with van der Waals surface area (Å²) in [7, 11) is 0. The van der Waals surface area contributed by atoms with Gasteiger partial charge >= 0.3 is 0 Å². The molecule has 2 rings (SSSR count). The van der Waals surface area contributed by atoms with Gasteiger partial charge in [-0.2, -0.15) is 0 Å². The molecule has 1 aromatic heterocycles. The minimum atomic E-state index is -0.0769. The number of likely N-dealkylation sites (tertiary alicyclic amines) is 1. The number of hydrogen-bond acceptors (Lipinski definition) is 5. The van der Waals surface area contributed by atoms with E-state index in [1.54, 1.807) is 18.3 Å². The standard InChI is InChI=1S/C14H23N5O/c1-10(2)19-6-4-11(9-19)8-17-14(20)12-3-5-16-13(7-12)18-15/h3,5,7,10-11H,4,6,8-9,15H2,1-2H3,(H,16,18)(H,17,20). The van der Waals surface area contributed by atoms with Gasteiger partial charge in [-0.25, -0.2) is 10.8 Å². The highest BCUT2D eigenvalue weighted by Gasteiger charge is 2.24. The Bertz CT molecular complexity index is 463. The number of aromatic nitrogens is 1. The molecule has 20 heavy (non-hydrogen) atoms. The summed E-state index contributed by atoms with van der Waals surface area (Å²) >= 11 is 0. The average Bonchev–Trinajstić information content (AvgIpc) is 2.94. The first-order chi connectivity index (χ1) is 9.60. The van der Waals surface area contributed by atoms with Gasteiger partial charge in [-0.3, -0.25) is 4.79 Å². The van der Waals surface area contributed by atoms with Gasteiger partial charge in [0.15, 0.2) is 0 Å². The first-order valence-corrected chi connectivity index (χ1v) is 7.05. The molecule has 1 fully saturated rings. The van der Waals surface area contributed by atoms with E-state index in [0.717, 1.165) is 26.1 Å². The van der Waals surface area contributed by atoms with Crippen LogP contribution in [0.5, 0.6) is 0 Å². The van der Waals surface area contributed by atoms with Crippen LogP contribution in [0.2, 0.25) is 0 Å². The number of pyridine rings is 1. The second-order valence-electron chi connectivity index (χ2n) is 5.53. The van der Waals surface area contributed by atoms with Gasteiger partial charge in [-0.05, 0) is 44.9 Å². The van der Waals surface area contributed by atoms with Crippen LogP contribution in [-0.2, 0) is 0 Å². The van der Waals surface area contributed by atoms with Crippen LogP contribution in [0.1, 0.15) is 30.6 Å². The molecule has 4 N–H and O–H groups in total. The van der Waals surface area contributed by atoms with Gasteiger partial charge in [0.05, 0.1) is 0 Å². The molecule has 0 aliphatic carbocycles. The molecule has 0 saturated carbocycles. The summed E-state index contributed by atoms with van der Waals surface area (Å²) in [5.74, 6) is 6.24. The van der Waals surface area contributed by atoms with E-state index >= 15 is 0 Å². The second-order valence-corrected chi connectivity index (χ2v) is 5.53. The molecule has 0 radical (unpaired) electrons. The molecule has 1 amide bonds. The normalized spacial score (nSPS) is 19.3. The van der Waals surface area contributed by atoms with Crippen molar-refractivity contribution in [2.45, 2.75) is 26.3 Å². The minimum absolute atomic E-state index is 0.0769. The molecule has 6 nitrogen and oxygen atoms in total. The highest BCUT2D eigenvalue weighted by Crippen LogP contribution is 2.17. The minimum Gasteiger partial charge on any atom is -0.352 e. The van der Waals surface area contributed by atoms with Crippen LogP contribution in [0.3, 0.4) is 0 Å². The Morgan fingerprint density at radius 3 is 3.05 bits per heavy atom. The monoisotopic (exact) mass is 277 g/mol. The number of nitrogens with one attached hydrogen (secondary N) is 2. The number of amides is 1. The fraction of sp³-hybridized carbons (Fsp3) is 0.571. The topological polar surface area (TPSA) is 83.3 Å². The lowest BCUT2D eigenvalue weighted by molar-refractivity contribution is 0.0947. The molecule has 6 heteroatoms. The van der Waals surface area contributed by atoms with E-state index in [1.807, 2.05) is 0 Å². The van der Waals surface area contributed by atoms with E-state index in [9.17, 15) is 4.79 Å². The van der Waals surface area contributed by atoms with Crippen LogP contribution >= 0.6 is 0 Å². The molecule has 1 aliphatic heterocycles. The van der Waals surface area contributed by atoms with E-state index in [-0.39, 0.29) is 5.91 Å². The van der Waals surface area contributed by atoms with Gasteiger partial charge in [-0.15, -0.1) is 0 Å². The predicted octanol–water partition coefficient (Wildman–Crippen LogP) is 0.827. The van der Waals surface area contributed by atoms with Crippen LogP contribution < -0.4 is 16.6 Å². The molecule has 1 aromatic rings. The van der Waals surface area contributed by atoms with Crippen LogP contribution in [0.25, 0.3) is 0 Å². The van der Waals surface area contributed by atoms with E-state index in [1.165, 1.54) is 0 Å². The molecule has 1 unspecified atom stereocenters. The SMILES string of the molecule is CC(C)N1CCC(CNC(=O)c2ccnc(NN)c2)C1. The third-order valence-electron chi connectivity index (χ3n) is 3.77. The highest BCUT2D eigenvalue weighted by molar-refractivity contribution is 5.94. The second kappa shape index (κ2) is 6.67. The smallest absolute Gasteiger partial charge is 0.251 e. The fourth-order valence-electron chi connectivity index (χ4n) is 2.49. The van der Waals surface area contributed by atoms with Crippen molar-refractivity contribution in [3.8, 4) is 0 Å². The largest absolute Gasteiger partial charge is 0.352 e. The molecule has 1 atom stereocenters. The summed E-state index contributed by atoms with van der Waals surface area (Å²) in [4.78, 5) is 18.5. The third kappa shape index (κ3) is 3.68. The van der Waals surface area contributed by atoms with Crippen molar-refractivity contribution in [2.24, 2.45) is 11.8 Å². The van der Waals surface area contributed by atoms with Crippen molar-refractivity contribution in [1.29, 1.82) is 0 Å². The van der Waals surface area contributed by atoms with Crippen LogP contribution in [-0.4, -0.2) is 41.5 Å². The van der Waals surface area contributed by atoms with Crippen LogP contribution in [0.15, 0.2) is 18.3 Å². The molecule has 110 valence electrons. The summed E-state index contributed by atoms with van der Waals surface area (Å²) in [6.07, 6.45) is 2.71. The van der Waals surface area contributed by atoms with Crippen LogP contribution in [0.4, 0.5) is 5.82 Å². The summed E-state index contributed by atoms with van der Waals surface area (Å²) in [6, 6.07) is 3.91. The lowest BCUT2D eigenvalue weighted by Crippen LogP contribution is -2.33. The number of nitrogens with two attached hydrogens (primary N) is 1. The summed E-state index contributed by atoms with van der Waals surface area (Å²) in [5.41, 5.74) is 3.02. The van der Waals surface area contributed by atoms with Crippen molar-refractivity contribution >= 4 is 11.7 Å². The number of carbonyl (C=O) groups is 1. The number of nitrogens with zero attached hydrogens (tertiary/aromatic N) is 2. The number of carbonyl (C=O) groups excluding carboxylic acids is 1. The van der Waals surface area contributed by atoms with Crippen molar-refractivity contribution < 1.29 is 4.79 Å². The maximum Gasteiger partial charge on any atom is 0.251 e. The zero-order valence-electron chi connectivity index (χ0n) is 12.1. The number of hydrazine groups is 1. The summed E-state index contributed by atoms with van der Waals surface area (Å²) in [6.45, 7) is 7.31. The number of nitrogen functional groups attached to an aromatic ring is 1. The summed E-state index contributed by atoms with van der Waals surface area (Å²) in [5, 5.41) is 2.99. The molecular weight excluding hydrogens is 254 g/mol. The average molecular weight is 277 g/mol. The Labute approximate surface area is 119 Å². The van der Waals surface area contributed by atoms with Crippen molar-refractivity contribution in [3.63, 3.8) is 0 Å². The van der Waals surface area contributed by atoms with Crippen molar-refractivity contribution in [3.05, 3.63) is 23.9 Å². The Morgan fingerprint density at radius 2 is 2.40 bits per heavy atom. The van der Waals surface area contributed by atoms with Gasteiger partial charge in [0.2, 0.25) is 0 Å². The lowest BCUT2D eigenvalue weighted by Gasteiger charge is -2.20. The van der Waals surface area contributed by atoms with Gasteiger partial charge in [0.1, 0.15) is 5.82 Å². The molecule has 0 bridgehead atoms. The van der Waals surface area contributed by atoms with Gasteiger partial charge < -0.3 is 15.6 Å². The van der Waals surface area contributed by atoms with Gasteiger partial charge in [0, 0.05) is 30.9 Å². The lowest BCUT2D eigenvalue weighted by atomic mass is 10.1. The molecule has 1 saturated heterocycles. The zero-order chi connectivity index (χ0) is 14.5. The first-order valence-electron chi connectivity index (χ1n) is 7.05. The third-order valence-corrected chi connectivity index (χ3v) is 3.77. The van der Waals surface area contributed by atoms with Crippen molar-refractivity contribution in [1.82, 2.24) is 15.2 Å². The molecule has 0 spiro atoms.